The standard InChI is InChI=1S/C8H6BrN5O.CH4.ClH.O.Zr/c9-5-1-2-7(15)6(3-5)12-14-8-10-4-11-13-8;;;;/h1-4,15H,(H,10,11,13);1H4;1H;;. The Morgan fingerprint density at radius 2 is 2.00 bits per heavy atom. The Hall–Kier alpha value is -0.787. The van der Waals surface area contributed by atoms with Crippen LogP contribution in [0.4, 0.5) is 11.6 Å². The molecule has 0 bridgehead atoms. The summed E-state index contributed by atoms with van der Waals surface area (Å²) in [5, 5.41) is 23.2. The van der Waals surface area contributed by atoms with E-state index in [1.165, 1.54) is 12.4 Å². The second-order valence-electron chi connectivity index (χ2n) is 2.64. The number of aromatic amines is 1. The zero-order chi connectivity index (χ0) is 12.7. The third-order valence-corrected chi connectivity index (χ3v) is 2.09. The van der Waals surface area contributed by atoms with Crippen molar-refractivity contribution in [2.24, 2.45) is 10.2 Å². The molecule has 19 heavy (non-hydrogen) atoms. The molecule has 0 fully saturated rings. The molecule has 2 aromatic rings. The van der Waals surface area contributed by atoms with Gasteiger partial charge >= 0.3 is 27.5 Å². The van der Waals surface area contributed by atoms with Crippen LogP contribution in [0, 0.1) is 0 Å². The van der Waals surface area contributed by atoms with Gasteiger partial charge in [0.05, 0.1) is 0 Å². The third-order valence-electron chi connectivity index (χ3n) is 1.59. The van der Waals surface area contributed by atoms with E-state index < -0.39 is 0 Å². The van der Waals surface area contributed by atoms with Gasteiger partial charge in [-0.2, -0.15) is 10.1 Å². The summed E-state index contributed by atoms with van der Waals surface area (Å²) in [5.74, 6) is 0.343. The maximum atomic E-state index is 9.44. The van der Waals surface area contributed by atoms with Gasteiger partial charge in [0.25, 0.3) is 5.95 Å². The number of phenolic OH excluding ortho intramolecular Hbond substituents is 1. The van der Waals surface area contributed by atoms with E-state index in [1.54, 1.807) is 12.1 Å². The molecule has 0 amide bonds. The summed E-state index contributed by atoms with van der Waals surface area (Å²) < 4.78 is 9.15. The van der Waals surface area contributed by atoms with Gasteiger partial charge in [0, 0.05) is 4.47 Å². The van der Waals surface area contributed by atoms with E-state index in [9.17, 15) is 5.11 Å². The molecule has 1 aromatic carbocycles. The molecule has 2 N–H and O–H groups in total. The van der Waals surface area contributed by atoms with E-state index in [0.29, 0.717) is 30.4 Å². The molecule has 0 spiro atoms. The molecule has 1 aromatic heterocycles. The summed E-state index contributed by atoms with van der Waals surface area (Å²) >= 11 is 3.57. The summed E-state index contributed by atoms with van der Waals surface area (Å²) in [5.41, 5.74) is 0.362. The van der Waals surface area contributed by atoms with E-state index in [4.69, 9.17) is 2.81 Å². The van der Waals surface area contributed by atoms with Crippen molar-refractivity contribution < 1.29 is 32.6 Å². The van der Waals surface area contributed by atoms with Crippen LogP contribution in [0.15, 0.2) is 39.2 Å². The van der Waals surface area contributed by atoms with Gasteiger partial charge in [-0.1, -0.05) is 23.4 Å². The summed E-state index contributed by atoms with van der Waals surface area (Å²) in [4.78, 5) is 3.76. The molecule has 1 heterocycles. The topological polar surface area (TPSA) is 104 Å². The Morgan fingerprint density at radius 1 is 1.32 bits per heavy atom. The molecule has 0 unspecified atom stereocenters. The number of phenols is 1. The zero-order valence-corrected chi connectivity index (χ0v) is 13.6. The number of hydrogen-bond acceptors (Lipinski definition) is 6. The molecule has 0 aliphatic carbocycles. The van der Waals surface area contributed by atoms with Crippen molar-refractivity contribution in [3.05, 3.63) is 29.0 Å². The SMILES string of the molecule is C.Cl.Oc1ccc(Br)cc1N=Nc1ncn[nH]1.[O]=[Zr]. The van der Waals surface area contributed by atoms with Gasteiger partial charge in [0.15, 0.2) is 0 Å². The molecule has 0 aliphatic rings. The average molecular weight is 428 g/mol. The van der Waals surface area contributed by atoms with Crippen LogP contribution in [0.5, 0.6) is 5.75 Å². The van der Waals surface area contributed by atoms with Crippen molar-refractivity contribution in [1.29, 1.82) is 0 Å². The van der Waals surface area contributed by atoms with Crippen molar-refractivity contribution in [3.63, 3.8) is 0 Å². The van der Waals surface area contributed by atoms with Crippen LogP contribution in [0.2, 0.25) is 0 Å². The first kappa shape index (κ1) is 20.5. The number of aromatic hydroxyl groups is 1. The molecule has 0 atom stereocenters. The van der Waals surface area contributed by atoms with Crippen molar-refractivity contribution >= 4 is 40.0 Å². The van der Waals surface area contributed by atoms with Crippen LogP contribution < -0.4 is 0 Å². The minimum atomic E-state index is 0. The van der Waals surface area contributed by atoms with Gasteiger partial charge in [0.2, 0.25) is 0 Å². The van der Waals surface area contributed by atoms with Crippen LogP contribution in [0.1, 0.15) is 7.43 Å². The predicted molar refractivity (Wildman–Crippen MR) is 71.0 cm³/mol. The van der Waals surface area contributed by atoms with E-state index >= 15 is 0 Å². The summed E-state index contributed by atoms with van der Waals surface area (Å²) in [6.07, 6.45) is 1.33. The van der Waals surface area contributed by atoms with Gasteiger partial charge in [-0.25, -0.2) is 5.10 Å². The fourth-order valence-electron chi connectivity index (χ4n) is 0.925. The van der Waals surface area contributed by atoms with Gasteiger partial charge in [-0.05, 0) is 18.2 Å². The quantitative estimate of drug-likeness (QED) is 0.714. The number of nitrogens with zero attached hydrogens (tertiary/aromatic N) is 4. The normalized spacial score (nSPS) is 8.84. The molecule has 10 heteroatoms. The number of hydrogen-bond donors (Lipinski definition) is 2. The average Bonchev–Trinajstić information content (AvgIpc) is 2.86. The first-order chi connectivity index (χ1) is 8.25. The summed E-state index contributed by atoms with van der Waals surface area (Å²) in [6, 6.07) is 4.89. The van der Waals surface area contributed by atoms with Gasteiger partial charge in [-0.3, -0.25) is 0 Å². The minimum absolute atomic E-state index is 0. The summed E-state index contributed by atoms with van der Waals surface area (Å²) in [7, 11) is 0. The zero-order valence-electron chi connectivity index (χ0n) is 8.74. The summed E-state index contributed by atoms with van der Waals surface area (Å²) in [6.45, 7) is 0. The Kier molecular flexibility index (Phi) is 12.0. The first-order valence-corrected chi connectivity index (χ1v) is 6.01. The second kappa shape index (κ2) is 11.1. The van der Waals surface area contributed by atoms with Crippen molar-refractivity contribution in [2.45, 2.75) is 7.43 Å². The van der Waals surface area contributed by atoms with Gasteiger partial charge in [0.1, 0.15) is 17.8 Å². The fourth-order valence-corrected chi connectivity index (χ4v) is 1.27. The fraction of sp³-hybridized carbons (Fsp3) is 0.111. The van der Waals surface area contributed by atoms with Crippen LogP contribution in [-0.2, 0) is 27.5 Å². The van der Waals surface area contributed by atoms with E-state index in [1.807, 2.05) is 0 Å². The predicted octanol–water partition coefficient (Wildman–Crippen LogP) is 3.62. The first-order valence-electron chi connectivity index (χ1n) is 4.22. The Balaban J connectivity index is 0. The number of benzene rings is 1. The maximum absolute atomic E-state index is 9.44. The van der Waals surface area contributed by atoms with E-state index in [2.05, 4.69) is 41.3 Å². The number of aromatic nitrogens is 3. The van der Waals surface area contributed by atoms with Crippen LogP contribution in [0.3, 0.4) is 0 Å². The van der Waals surface area contributed by atoms with Gasteiger partial charge < -0.3 is 5.11 Å². The monoisotopic (exact) mass is 425 g/mol. The molecule has 0 radical (unpaired) electrons. The molecule has 0 saturated heterocycles. The number of halogens is 2. The number of rotatable bonds is 2. The van der Waals surface area contributed by atoms with Crippen LogP contribution >= 0.6 is 28.3 Å². The molecule has 0 aliphatic heterocycles. The Labute approximate surface area is 139 Å². The van der Waals surface area contributed by atoms with Crippen molar-refractivity contribution in [1.82, 2.24) is 15.2 Å². The van der Waals surface area contributed by atoms with E-state index in [-0.39, 0.29) is 31.5 Å². The molecule has 102 valence electrons. The van der Waals surface area contributed by atoms with Crippen molar-refractivity contribution in [3.8, 4) is 5.75 Å². The van der Waals surface area contributed by atoms with E-state index in [0.717, 1.165) is 4.47 Å². The van der Waals surface area contributed by atoms with Crippen LogP contribution in [0.25, 0.3) is 0 Å². The second-order valence-corrected chi connectivity index (χ2v) is 3.56. The molecule has 0 saturated carbocycles. The number of H-pyrrole nitrogens is 1. The molecule has 7 nitrogen and oxygen atoms in total. The number of nitrogens with one attached hydrogen (secondary N) is 1. The number of azo groups is 1. The molecule has 2 rings (SSSR count). The van der Waals surface area contributed by atoms with Crippen LogP contribution in [-0.4, -0.2) is 20.3 Å². The Bertz CT molecular complexity index is 511. The third kappa shape index (κ3) is 6.80. The molecular formula is C9H11BrClN5O2Zr. The van der Waals surface area contributed by atoms with Crippen molar-refractivity contribution in [2.75, 3.05) is 0 Å². The van der Waals surface area contributed by atoms with Gasteiger partial charge in [-0.15, -0.1) is 22.6 Å². The Morgan fingerprint density at radius 3 is 2.58 bits per heavy atom. The molecular weight excluding hydrogens is 417 g/mol.